The fourth-order valence-electron chi connectivity index (χ4n) is 3.04. The van der Waals surface area contributed by atoms with E-state index in [1.165, 1.54) is 31.4 Å². The van der Waals surface area contributed by atoms with E-state index in [2.05, 4.69) is 10.6 Å². The van der Waals surface area contributed by atoms with Gasteiger partial charge in [-0.05, 0) is 36.4 Å². The second kappa shape index (κ2) is 8.81. The van der Waals surface area contributed by atoms with Crippen LogP contribution >= 0.6 is 11.6 Å². The minimum atomic E-state index is -3.98. The molecule has 0 aliphatic carbocycles. The number of nitrogens with one attached hydrogen (secondary N) is 2. The number of para-hydroxylation sites is 2. The first-order valence-electron chi connectivity index (χ1n) is 8.81. The molecule has 1 saturated heterocycles. The summed E-state index contributed by atoms with van der Waals surface area (Å²) in [6, 6.07) is 11.3. The van der Waals surface area contributed by atoms with Crippen LogP contribution in [0.15, 0.2) is 53.4 Å². The lowest BCUT2D eigenvalue weighted by molar-refractivity contribution is -0.130. The van der Waals surface area contributed by atoms with Crippen molar-refractivity contribution in [1.82, 2.24) is 9.62 Å². The van der Waals surface area contributed by atoms with E-state index in [0.717, 1.165) is 4.31 Å². The van der Waals surface area contributed by atoms with Gasteiger partial charge in [-0.2, -0.15) is 4.31 Å². The lowest BCUT2D eigenvalue weighted by Gasteiger charge is -2.33. The van der Waals surface area contributed by atoms with Crippen molar-refractivity contribution in [2.75, 3.05) is 25.5 Å². The minimum Gasteiger partial charge on any atom is -0.495 e. The van der Waals surface area contributed by atoms with Crippen molar-refractivity contribution < 1.29 is 22.7 Å². The molecule has 0 saturated carbocycles. The molecular formula is C19H20ClN3O5S. The van der Waals surface area contributed by atoms with Gasteiger partial charge in [0.05, 0.1) is 24.1 Å². The number of benzene rings is 2. The molecule has 29 heavy (non-hydrogen) atoms. The summed E-state index contributed by atoms with van der Waals surface area (Å²) in [7, 11) is -2.51. The van der Waals surface area contributed by atoms with E-state index in [9.17, 15) is 18.0 Å². The summed E-state index contributed by atoms with van der Waals surface area (Å²) in [5.41, 5.74) is 0.434. The number of rotatable bonds is 6. The standard InChI is InChI=1S/C19H20ClN3O5S/c1-28-17-5-3-2-4-15(17)22-18(24)12-16-19(25)21-10-11-23(16)29(26,27)14-8-6-13(20)7-9-14/h2-9,16H,10-12H2,1H3,(H,21,25)(H,22,24)/t16-/m1/s1. The maximum Gasteiger partial charge on any atom is 0.243 e. The van der Waals surface area contributed by atoms with Gasteiger partial charge in [0.25, 0.3) is 0 Å². The number of carbonyl (C=O) groups excluding carboxylic acids is 2. The van der Waals surface area contributed by atoms with Crippen LogP contribution in [0.3, 0.4) is 0 Å². The maximum absolute atomic E-state index is 13.0. The number of hydrogen-bond acceptors (Lipinski definition) is 5. The van der Waals surface area contributed by atoms with Crippen LogP contribution in [0.25, 0.3) is 0 Å². The van der Waals surface area contributed by atoms with Gasteiger partial charge in [-0.25, -0.2) is 8.42 Å². The van der Waals surface area contributed by atoms with Crippen LogP contribution in [0.4, 0.5) is 5.69 Å². The maximum atomic E-state index is 13.0. The number of sulfonamides is 1. The van der Waals surface area contributed by atoms with E-state index in [1.54, 1.807) is 24.3 Å². The van der Waals surface area contributed by atoms with Gasteiger partial charge >= 0.3 is 0 Å². The monoisotopic (exact) mass is 437 g/mol. The highest BCUT2D eigenvalue weighted by Gasteiger charge is 2.39. The Morgan fingerprint density at radius 3 is 2.62 bits per heavy atom. The first-order valence-corrected chi connectivity index (χ1v) is 10.6. The van der Waals surface area contributed by atoms with Crippen molar-refractivity contribution in [2.24, 2.45) is 0 Å². The molecule has 2 N–H and O–H groups in total. The largest absolute Gasteiger partial charge is 0.495 e. The molecule has 1 fully saturated rings. The first-order chi connectivity index (χ1) is 13.8. The van der Waals surface area contributed by atoms with Crippen molar-refractivity contribution in [3.8, 4) is 5.75 Å². The molecule has 0 unspecified atom stereocenters. The summed E-state index contributed by atoms with van der Waals surface area (Å²) in [6.07, 6.45) is -0.337. The van der Waals surface area contributed by atoms with Gasteiger partial charge in [0, 0.05) is 18.1 Å². The Hall–Kier alpha value is -2.62. The fourth-order valence-corrected chi connectivity index (χ4v) is 4.76. The van der Waals surface area contributed by atoms with Gasteiger partial charge in [-0.15, -0.1) is 0 Å². The third-order valence-corrected chi connectivity index (χ3v) is 6.64. The molecule has 1 atom stereocenters. The van der Waals surface area contributed by atoms with Crippen LogP contribution in [0.1, 0.15) is 6.42 Å². The Morgan fingerprint density at radius 2 is 1.93 bits per heavy atom. The smallest absolute Gasteiger partial charge is 0.243 e. The van der Waals surface area contributed by atoms with E-state index in [4.69, 9.17) is 16.3 Å². The number of amides is 2. The molecule has 0 aromatic heterocycles. The van der Waals surface area contributed by atoms with Crippen molar-refractivity contribution in [2.45, 2.75) is 17.4 Å². The lowest BCUT2D eigenvalue weighted by Crippen LogP contribution is -2.57. The third kappa shape index (κ3) is 4.69. The van der Waals surface area contributed by atoms with E-state index >= 15 is 0 Å². The molecule has 8 nitrogen and oxygen atoms in total. The highest BCUT2D eigenvalue weighted by Crippen LogP contribution is 2.25. The van der Waals surface area contributed by atoms with Crippen LogP contribution < -0.4 is 15.4 Å². The zero-order valence-corrected chi connectivity index (χ0v) is 17.2. The van der Waals surface area contributed by atoms with E-state index in [1.807, 2.05) is 0 Å². The molecule has 3 rings (SSSR count). The Bertz CT molecular complexity index is 1010. The van der Waals surface area contributed by atoms with Crippen LogP contribution in [0, 0.1) is 0 Å². The molecule has 1 aliphatic heterocycles. The number of carbonyl (C=O) groups is 2. The molecule has 1 heterocycles. The second-order valence-electron chi connectivity index (χ2n) is 6.33. The molecular weight excluding hydrogens is 418 g/mol. The predicted octanol–water partition coefficient (Wildman–Crippen LogP) is 1.87. The highest BCUT2D eigenvalue weighted by molar-refractivity contribution is 7.89. The number of methoxy groups -OCH3 is 1. The van der Waals surface area contributed by atoms with Gasteiger partial charge in [-0.3, -0.25) is 9.59 Å². The average molecular weight is 438 g/mol. The predicted molar refractivity (Wildman–Crippen MR) is 108 cm³/mol. The molecule has 10 heteroatoms. The zero-order chi connectivity index (χ0) is 21.0. The molecule has 2 aromatic carbocycles. The Morgan fingerprint density at radius 1 is 1.24 bits per heavy atom. The Balaban J connectivity index is 1.82. The topological polar surface area (TPSA) is 105 Å². The second-order valence-corrected chi connectivity index (χ2v) is 8.66. The molecule has 1 aliphatic rings. The van der Waals surface area contributed by atoms with Gasteiger partial charge in [0.1, 0.15) is 11.8 Å². The average Bonchev–Trinajstić information content (AvgIpc) is 2.70. The number of nitrogens with zero attached hydrogens (tertiary/aromatic N) is 1. The minimum absolute atomic E-state index is 0.00624. The number of piperazine rings is 1. The summed E-state index contributed by atoms with van der Waals surface area (Å²) in [4.78, 5) is 25.0. The van der Waals surface area contributed by atoms with Gasteiger partial charge < -0.3 is 15.4 Å². The SMILES string of the molecule is COc1ccccc1NC(=O)C[C@@H]1C(=O)NCCN1S(=O)(=O)c1ccc(Cl)cc1. The first kappa shape index (κ1) is 21.1. The zero-order valence-electron chi connectivity index (χ0n) is 15.6. The van der Waals surface area contributed by atoms with Crippen molar-refractivity contribution in [3.63, 3.8) is 0 Å². The highest BCUT2D eigenvalue weighted by atomic mass is 35.5. The number of hydrogen-bond donors (Lipinski definition) is 2. The normalized spacial score (nSPS) is 17.4. The van der Waals surface area contributed by atoms with E-state index < -0.39 is 27.9 Å². The quantitative estimate of drug-likeness (QED) is 0.717. The summed E-state index contributed by atoms with van der Waals surface area (Å²) >= 11 is 5.83. The Labute approximate surface area is 173 Å². The van der Waals surface area contributed by atoms with Gasteiger partial charge in [0.2, 0.25) is 21.8 Å². The van der Waals surface area contributed by atoms with Crippen LogP contribution in [-0.4, -0.2) is 50.8 Å². The molecule has 0 spiro atoms. The summed E-state index contributed by atoms with van der Waals surface area (Å²) in [6.45, 7) is 0.222. The molecule has 2 aromatic rings. The van der Waals surface area contributed by atoms with Crippen LogP contribution in [0.2, 0.25) is 5.02 Å². The van der Waals surface area contributed by atoms with E-state index in [0.29, 0.717) is 16.5 Å². The van der Waals surface area contributed by atoms with Crippen molar-refractivity contribution in [1.29, 1.82) is 0 Å². The summed E-state index contributed by atoms with van der Waals surface area (Å²) < 4.78 is 32.3. The van der Waals surface area contributed by atoms with Crippen LogP contribution in [-0.2, 0) is 19.6 Å². The lowest BCUT2D eigenvalue weighted by atomic mass is 10.1. The fraction of sp³-hybridized carbons (Fsp3) is 0.263. The number of ether oxygens (including phenoxy) is 1. The number of halogens is 1. The third-order valence-electron chi connectivity index (χ3n) is 4.46. The molecule has 0 radical (unpaired) electrons. The van der Waals surface area contributed by atoms with Gasteiger partial charge in [0.15, 0.2) is 0 Å². The number of anilines is 1. The Kier molecular flexibility index (Phi) is 6.41. The van der Waals surface area contributed by atoms with E-state index in [-0.39, 0.29) is 24.4 Å². The summed E-state index contributed by atoms with van der Waals surface area (Å²) in [5.74, 6) is -0.573. The van der Waals surface area contributed by atoms with Crippen molar-refractivity contribution >= 4 is 39.1 Å². The molecule has 2 amide bonds. The van der Waals surface area contributed by atoms with Gasteiger partial charge in [-0.1, -0.05) is 23.7 Å². The summed E-state index contributed by atoms with van der Waals surface area (Å²) in [5, 5.41) is 5.68. The van der Waals surface area contributed by atoms with Crippen molar-refractivity contribution in [3.05, 3.63) is 53.6 Å². The molecule has 154 valence electrons. The van der Waals surface area contributed by atoms with Crippen LogP contribution in [0.5, 0.6) is 5.75 Å². The molecule has 0 bridgehead atoms.